The Bertz CT molecular complexity index is 451. The predicted molar refractivity (Wildman–Crippen MR) is 63.1 cm³/mol. The summed E-state index contributed by atoms with van der Waals surface area (Å²) in [5.41, 5.74) is 0. The lowest BCUT2D eigenvalue weighted by Crippen LogP contribution is -2.50. The number of furan rings is 1. The normalized spacial score (nSPS) is 21.0. The Morgan fingerprint density at radius 3 is 2.84 bits per heavy atom. The molecular formula is C13H14F3NO2. The van der Waals surface area contributed by atoms with Crippen LogP contribution in [0.25, 0.3) is 6.08 Å². The third-order valence-electron chi connectivity index (χ3n) is 3.10. The summed E-state index contributed by atoms with van der Waals surface area (Å²) in [5, 5.41) is 0. The molecule has 0 aromatic carbocycles. The highest BCUT2D eigenvalue weighted by atomic mass is 19.4. The first kappa shape index (κ1) is 13.7. The number of hydrogen-bond donors (Lipinski definition) is 0. The van der Waals surface area contributed by atoms with E-state index in [0.717, 1.165) is 11.0 Å². The summed E-state index contributed by atoms with van der Waals surface area (Å²) >= 11 is 0. The molecule has 1 aliphatic heterocycles. The molecule has 1 aromatic rings. The van der Waals surface area contributed by atoms with Gasteiger partial charge in [0.15, 0.2) is 0 Å². The number of nitrogens with zero attached hydrogens (tertiary/aromatic N) is 1. The van der Waals surface area contributed by atoms with Gasteiger partial charge in [0, 0.05) is 12.6 Å². The van der Waals surface area contributed by atoms with Crippen LogP contribution in [0.4, 0.5) is 13.2 Å². The average molecular weight is 273 g/mol. The molecule has 0 aliphatic carbocycles. The number of hydrogen-bond acceptors (Lipinski definition) is 2. The van der Waals surface area contributed by atoms with Gasteiger partial charge in [0.05, 0.1) is 6.26 Å². The van der Waals surface area contributed by atoms with Crippen molar-refractivity contribution in [2.45, 2.75) is 31.5 Å². The van der Waals surface area contributed by atoms with Crippen LogP contribution in [0.5, 0.6) is 0 Å². The second-order valence-corrected chi connectivity index (χ2v) is 4.43. The first-order chi connectivity index (χ1) is 8.98. The van der Waals surface area contributed by atoms with Crippen molar-refractivity contribution in [3.05, 3.63) is 30.2 Å². The van der Waals surface area contributed by atoms with Gasteiger partial charge in [-0.1, -0.05) is 0 Å². The van der Waals surface area contributed by atoms with E-state index in [1.165, 1.54) is 12.3 Å². The van der Waals surface area contributed by atoms with Crippen LogP contribution in [-0.4, -0.2) is 29.6 Å². The maximum absolute atomic E-state index is 12.8. The van der Waals surface area contributed by atoms with Crippen LogP contribution in [0, 0.1) is 0 Å². The third kappa shape index (κ3) is 3.39. The second kappa shape index (κ2) is 5.50. The fourth-order valence-corrected chi connectivity index (χ4v) is 2.17. The monoisotopic (exact) mass is 273 g/mol. The minimum absolute atomic E-state index is 0.0240. The van der Waals surface area contributed by atoms with E-state index < -0.39 is 18.1 Å². The fourth-order valence-electron chi connectivity index (χ4n) is 2.17. The molecule has 6 heteroatoms. The number of rotatable bonds is 2. The number of likely N-dealkylation sites (tertiary alicyclic amines) is 1. The van der Waals surface area contributed by atoms with Crippen LogP contribution < -0.4 is 0 Å². The van der Waals surface area contributed by atoms with E-state index in [4.69, 9.17) is 4.42 Å². The fraction of sp³-hybridized carbons (Fsp3) is 0.462. The molecule has 2 rings (SSSR count). The molecule has 1 aromatic heterocycles. The maximum atomic E-state index is 12.8. The van der Waals surface area contributed by atoms with Crippen LogP contribution >= 0.6 is 0 Å². The smallest absolute Gasteiger partial charge is 0.408 e. The van der Waals surface area contributed by atoms with Crippen LogP contribution in [0.2, 0.25) is 0 Å². The number of amides is 1. The van der Waals surface area contributed by atoms with Crippen LogP contribution in [0.1, 0.15) is 25.0 Å². The standard InChI is InChI=1S/C13H14F3NO2/c14-13(15,16)11-5-1-2-8-17(11)12(18)7-6-10-4-3-9-19-10/h3-4,6-7,9,11H,1-2,5,8H2/b7-6+. The van der Waals surface area contributed by atoms with Crippen molar-refractivity contribution >= 4 is 12.0 Å². The third-order valence-corrected chi connectivity index (χ3v) is 3.10. The largest absolute Gasteiger partial charge is 0.465 e. The Morgan fingerprint density at radius 1 is 1.42 bits per heavy atom. The van der Waals surface area contributed by atoms with Gasteiger partial charge >= 0.3 is 6.18 Å². The van der Waals surface area contributed by atoms with Gasteiger partial charge in [-0.2, -0.15) is 13.2 Å². The zero-order valence-electron chi connectivity index (χ0n) is 10.2. The highest BCUT2D eigenvalue weighted by molar-refractivity contribution is 5.91. The molecule has 0 spiro atoms. The lowest BCUT2D eigenvalue weighted by atomic mass is 10.0. The molecule has 1 atom stereocenters. The Labute approximate surface area is 108 Å². The molecule has 2 heterocycles. The minimum atomic E-state index is -4.37. The maximum Gasteiger partial charge on any atom is 0.408 e. The quantitative estimate of drug-likeness (QED) is 0.775. The van der Waals surface area contributed by atoms with E-state index in [1.807, 2.05) is 0 Å². The highest BCUT2D eigenvalue weighted by Crippen LogP contribution is 2.31. The summed E-state index contributed by atoms with van der Waals surface area (Å²) in [6.07, 6.45) is 0.651. The summed E-state index contributed by atoms with van der Waals surface area (Å²) in [5.74, 6) is -0.188. The van der Waals surface area contributed by atoms with E-state index in [1.54, 1.807) is 12.1 Å². The second-order valence-electron chi connectivity index (χ2n) is 4.43. The van der Waals surface area contributed by atoms with Gasteiger partial charge in [-0.3, -0.25) is 4.79 Å². The molecule has 1 unspecified atom stereocenters. The molecule has 1 fully saturated rings. The average Bonchev–Trinajstić information content (AvgIpc) is 2.88. The first-order valence-electron chi connectivity index (χ1n) is 6.07. The van der Waals surface area contributed by atoms with Gasteiger partial charge in [-0.25, -0.2) is 0 Å². The summed E-state index contributed by atoms with van der Waals surface area (Å²) in [7, 11) is 0. The summed E-state index contributed by atoms with van der Waals surface area (Å²) in [6, 6.07) is 1.60. The summed E-state index contributed by atoms with van der Waals surface area (Å²) < 4.78 is 43.5. The van der Waals surface area contributed by atoms with Crippen molar-refractivity contribution in [1.82, 2.24) is 4.90 Å². The molecule has 1 amide bonds. The number of piperidine rings is 1. The predicted octanol–water partition coefficient (Wildman–Crippen LogP) is 3.24. The van der Waals surface area contributed by atoms with Crippen molar-refractivity contribution in [3.8, 4) is 0 Å². The number of carbonyl (C=O) groups excluding carboxylic acids is 1. The molecule has 0 saturated carbocycles. The lowest BCUT2D eigenvalue weighted by molar-refractivity contribution is -0.193. The topological polar surface area (TPSA) is 33.5 Å². The summed E-state index contributed by atoms with van der Waals surface area (Å²) in [4.78, 5) is 12.7. The lowest BCUT2D eigenvalue weighted by Gasteiger charge is -2.36. The van der Waals surface area contributed by atoms with Gasteiger partial charge in [0.2, 0.25) is 5.91 Å². The molecule has 0 N–H and O–H groups in total. The first-order valence-corrected chi connectivity index (χ1v) is 6.07. The molecule has 1 saturated heterocycles. The van der Waals surface area contributed by atoms with E-state index in [0.29, 0.717) is 18.6 Å². The molecule has 0 bridgehead atoms. The van der Waals surface area contributed by atoms with Gasteiger partial charge < -0.3 is 9.32 Å². The van der Waals surface area contributed by atoms with Crippen molar-refractivity contribution in [3.63, 3.8) is 0 Å². The molecular weight excluding hydrogens is 259 g/mol. The molecule has 3 nitrogen and oxygen atoms in total. The van der Waals surface area contributed by atoms with Crippen LogP contribution in [-0.2, 0) is 4.79 Å². The highest BCUT2D eigenvalue weighted by Gasteiger charge is 2.45. The van der Waals surface area contributed by atoms with Gasteiger partial charge in [0.25, 0.3) is 0 Å². The van der Waals surface area contributed by atoms with Crippen LogP contribution in [0.3, 0.4) is 0 Å². The molecule has 19 heavy (non-hydrogen) atoms. The van der Waals surface area contributed by atoms with Crippen LogP contribution in [0.15, 0.2) is 28.9 Å². The minimum Gasteiger partial charge on any atom is -0.465 e. The number of halogens is 3. The van der Waals surface area contributed by atoms with Crippen molar-refractivity contribution in [2.75, 3.05) is 6.54 Å². The Kier molecular flexibility index (Phi) is 3.97. The van der Waals surface area contributed by atoms with Crippen molar-refractivity contribution in [2.24, 2.45) is 0 Å². The molecule has 1 aliphatic rings. The number of alkyl halides is 3. The van der Waals surface area contributed by atoms with Gasteiger partial charge in [-0.05, 0) is 37.5 Å². The molecule has 0 radical (unpaired) electrons. The van der Waals surface area contributed by atoms with Gasteiger partial charge in [0.1, 0.15) is 11.8 Å². The number of carbonyl (C=O) groups is 1. The van der Waals surface area contributed by atoms with Gasteiger partial charge in [-0.15, -0.1) is 0 Å². The zero-order chi connectivity index (χ0) is 13.9. The molecule has 104 valence electrons. The van der Waals surface area contributed by atoms with E-state index in [2.05, 4.69) is 0 Å². The summed E-state index contributed by atoms with van der Waals surface area (Å²) in [6.45, 7) is 0.144. The SMILES string of the molecule is O=C(/C=C/c1ccco1)N1CCCCC1C(F)(F)F. The Balaban J connectivity index is 2.07. The Hall–Kier alpha value is -1.72. The van der Waals surface area contributed by atoms with E-state index in [-0.39, 0.29) is 13.0 Å². The van der Waals surface area contributed by atoms with E-state index >= 15 is 0 Å². The van der Waals surface area contributed by atoms with E-state index in [9.17, 15) is 18.0 Å². The van der Waals surface area contributed by atoms with Crippen molar-refractivity contribution in [1.29, 1.82) is 0 Å². The van der Waals surface area contributed by atoms with Crippen molar-refractivity contribution < 1.29 is 22.4 Å². The zero-order valence-corrected chi connectivity index (χ0v) is 10.2. The Morgan fingerprint density at radius 2 is 2.21 bits per heavy atom.